The molecule has 3 heterocycles. The Morgan fingerprint density at radius 2 is 1.83 bits per heavy atom. The molecule has 1 saturated heterocycles. The molecule has 0 atom stereocenters. The molecular formula is C22H18FN3O3. The third kappa shape index (κ3) is 3.18. The molecule has 0 unspecified atom stereocenters. The number of carboxylic acid groups (broad SMARTS) is 1. The van der Waals surface area contributed by atoms with E-state index in [0.29, 0.717) is 33.9 Å². The van der Waals surface area contributed by atoms with Crippen LogP contribution in [0.3, 0.4) is 0 Å². The first kappa shape index (κ1) is 17.6. The largest absolute Gasteiger partial charge is 0.478 e. The Kier molecular flexibility index (Phi) is 4.16. The molecule has 4 aromatic rings. The van der Waals surface area contributed by atoms with Gasteiger partial charge in [-0.2, -0.15) is 0 Å². The zero-order valence-electron chi connectivity index (χ0n) is 15.6. The Morgan fingerprint density at radius 3 is 2.62 bits per heavy atom. The number of furan rings is 1. The average molecular weight is 391 g/mol. The summed E-state index contributed by atoms with van der Waals surface area (Å²) < 4.78 is 19.5. The van der Waals surface area contributed by atoms with Gasteiger partial charge in [-0.3, -0.25) is 0 Å². The van der Waals surface area contributed by atoms with Crippen molar-refractivity contribution in [1.82, 2.24) is 9.97 Å². The summed E-state index contributed by atoms with van der Waals surface area (Å²) in [6.07, 6.45) is 3.28. The number of carbonyl (C=O) groups is 1. The van der Waals surface area contributed by atoms with Gasteiger partial charge in [-0.15, -0.1) is 0 Å². The van der Waals surface area contributed by atoms with Crippen LogP contribution < -0.4 is 4.90 Å². The lowest BCUT2D eigenvalue weighted by atomic mass is 10.1. The second-order valence-corrected chi connectivity index (χ2v) is 7.24. The fourth-order valence-electron chi connectivity index (χ4n) is 3.79. The first-order chi connectivity index (χ1) is 14.1. The van der Waals surface area contributed by atoms with Crippen LogP contribution in [-0.2, 0) is 0 Å². The molecular weight excluding hydrogens is 373 g/mol. The molecule has 29 heavy (non-hydrogen) atoms. The summed E-state index contributed by atoms with van der Waals surface area (Å²) in [4.78, 5) is 23.0. The lowest BCUT2D eigenvalue weighted by molar-refractivity contribution is 0.0697. The quantitative estimate of drug-likeness (QED) is 0.537. The van der Waals surface area contributed by atoms with Crippen molar-refractivity contribution < 1.29 is 18.7 Å². The maximum absolute atomic E-state index is 13.6. The van der Waals surface area contributed by atoms with E-state index in [2.05, 4.69) is 4.90 Å². The van der Waals surface area contributed by atoms with Crippen molar-refractivity contribution in [2.45, 2.75) is 19.3 Å². The highest BCUT2D eigenvalue weighted by molar-refractivity contribution is 5.94. The molecule has 1 fully saturated rings. The van der Waals surface area contributed by atoms with Crippen LogP contribution in [-0.4, -0.2) is 34.1 Å². The fourth-order valence-corrected chi connectivity index (χ4v) is 3.79. The van der Waals surface area contributed by atoms with Gasteiger partial charge in [0.15, 0.2) is 11.6 Å². The minimum atomic E-state index is -1.00. The Hall–Kier alpha value is -3.48. The lowest BCUT2D eigenvalue weighted by Gasteiger charge is -2.28. The molecule has 0 amide bonds. The van der Waals surface area contributed by atoms with Crippen molar-refractivity contribution in [3.63, 3.8) is 0 Å². The average Bonchev–Trinajstić information content (AvgIpc) is 3.16. The highest BCUT2D eigenvalue weighted by Crippen LogP contribution is 2.35. The SMILES string of the molecule is O=C(O)c1ccc2nc(-c3cc4ccc(F)cc4o3)c(N3CCCCC3)nc2c1. The number of halogens is 1. The Morgan fingerprint density at radius 1 is 1.00 bits per heavy atom. The van der Waals surface area contributed by atoms with E-state index in [1.807, 2.05) is 6.07 Å². The summed E-state index contributed by atoms with van der Waals surface area (Å²) in [6, 6.07) is 11.0. The van der Waals surface area contributed by atoms with Gasteiger partial charge in [0.05, 0.1) is 16.6 Å². The van der Waals surface area contributed by atoms with Gasteiger partial charge in [-0.05, 0) is 55.7 Å². The number of nitrogens with zero attached hydrogens (tertiary/aromatic N) is 3. The van der Waals surface area contributed by atoms with E-state index in [1.165, 1.54) is 30.7 Å². The van der Waals surface area contributed by atoms with Gasteiger partial charge in [0.25, 0.3) is 0 Å². The smallest absolute Gasteiger partial charge is 0.335 e. The number of hydrogen-bond acceptors (Lipinski definition) is 5. The van der Waals surface area contributed by atoms with E-state index < -0.39 is 5.97 Å². The van der Waals surface area contributed by atoms with Crippen molar-refractivity contribution in [3.8, 4) is 11.5 Å². The topological polar surface area (TPSA) is 79.5 Å². The minimum Gasteiger partial charge on any atom is -0.478 e. The predicted octanol–water partition coefficient (Wildman–Crippen LogP) is 4.87. The maximum Gasteiger partial charge on any atom is 0.335 e. The number of hydrogen-bond donors (Lipinski definition) is 1. The van der Waals surface area contributed by atoms with Gasteiger partial charge in [-0.1, -0.05) is 0 Å². The molecule has 2 aromatic carbocycles. The van der Waals surface area contributed by atoms with E-state index in [-0.39, 0.29) is 11.4 Å². The van der Waals surface area contributed by atoms with E-state index in [4.69, 9.17) is 14.4 Å². The standard InChI is InChI=1S/C22H18FN3O3/c23-15-6-4-13-11-19(29-18(13)12-15)20-21(26-8-2-1-3-9-26)25-17-10-14(22(27)28)5-7-16(17)24-20/h4-7,10-12H,1-3,8-9H2,(H,27,28). The van der Waals surface area contributed by atoms with Crippen LogP contribution in [0, 0.1) is 5.82 Å². The molecule has 0 radical (unpaired) electrons. The number of benzene rings is 2. The van der Waals surface area contributed by atoms with Gasteiger partial charge in [0, 0.05) is 24.5 Å². The van der Waals surface area contributed by atoms with E-state index in [9.17, 15) is 14.3 Å². The van der Waals surface area contributed by atoms with E-state index in [1.54, 1.807) is 12.1 Å². The van der Waals surface area contributed by atoms with E-state index in [0.717, 1.165) is 31.3 Å². The molecule has 6 nitrogen and oxygen atoms in total. The molecule has 0 spiro atoms. The highest BCUT2D eigenvalue weighted by atomic mass is 19.1. The van der Waals surface area contributed by atoms with Gasteiger partial charge in [0.2, 0.25) is 0 Å². The summed E-state index contributed by atoms with van der Waals surface area (Å²) in [5.74, 6) is -0.181. The summed E-state index contributed by atoms with van der Waals surface area (Å²) in [5.41, 5.74) is 2.31. The third-order valence-electron chi connectivity index (χ3n) is 5.26. The third-order valence-corrected chi connectivity index (χ3v) is 5.26. The summed E-state index contributed by atoms with van der Waals surface area (Å²) >= 11 is 0. The van der Waals surface area contributed by atoms with Gasteiger partial charge in [0.1, 0.15) is 17.1 Å². The zero-order valence-corrected chi connectivity index (χ0v) is 15.6. The molecule has 7 heteroatoms. The van der Waals surface area contributed by atoms with Crippen LogP contribution in [0.15, 0.2) is 46.9 Å². The highest BCUT2D eigenvalue weighted by Gasteiger charge is 2.22. The molecule has 1 aliphatic rings. The second kappa shape index (κ2) is 6.84. The number of anilines is 1. The van der Waals surface area contributed by atoms with Crippen LogP contribution >= 0.6 is 0 Å². The Bertz CT molecular complexity index is 1250. The van der Waals surface area contributed by atoms with Crippen LogP contribution in [0.25, 0.3) is 33.5 Å². The number of aromatic carboxylic acids is 1. The molecule has 1 N–H and O–H groups in total. The second-order valence-electron chi connectivity index (χ2n) is 7.24. The van der Waals surface area contributed by atoms with Crippen molar-refractivity contribution >= 4 is 33.8 Å². The van der Waals surface area contributed by atoms with Crippen LogP contribution in [0.5, 0.6) is 0 Å². The molecule has 0 saturated carbocycles. The van der Waals surface area contributed by atoms with Crippen molar-refractivity contribution in [1.29, 1.82) is 0 Å². The van der Waals surface area contributed by atoms with E-state index >= 15 is 0 Å². The number of fused-ring (bicyclic) bond motifs is 2. The number of piperidine rings is 1. The minimum absolute atomic E-state index is 0.170. The molecule has 1 aliphatic heterocycles. The van der Waals surface area contributed by atoms with Crippen molar-refractivity contribution in [2.75, 3.05) is 18.0 Å². The Balaban J connectivity index is 1.72. The van der Waals surface area contributed by atoms with Crippen LogP contribution in [0.2, 0.25) is 0 Å². The normalized spacial score (nSPS) is 14.6. The van der Waals surface area contributed by atoms with Crippen LogP contribution in [0.4, 0.5) is 10.2 Å². The monoisotopic (exact) mass is 391 g/mol. The molecule has 0 aliphatic carbocycles. The molecule has 146 valence electrons. The fraction of sp³-hybridized carbons (Fsp3) is 0.227. The van der Waals surface area contributed by atoms with Gasteiger partial charge >= 0.3 is 5.97 Å². The summed E-state index contributed by atoms with van der Waals surface area (Å²) in [6.45, 7) is 1.70. The summed E-state index contributed by atoms with van der Waals surface area (Å²) in [5, 5.41) is 10.1. The predicted molar refractivity (Wildman–Crippen MR) is 108 cm³/mol. The molecule has 0 bridgehead atoms. The van der Waals surface area contributed by atoms with Gasteiger partial charge < -0.3 is 14.4 Å². The van der Waals surface area contributed by atoms with Gasteiger partial charge in [-0.25, -0.2) is 19.2 Å². The molecule has 2 aromatic heterocycles. The van der Waals surface area contributed by atoms with Crippen LogP contribution in [0.1, 0.15) is 29.6 Å². The summed E-state index contributed by atoms with van der Waals surface area (Å²) in [7, 11) is 0. The van der Waals surface area contributed by atoms with Crippen molar-refractivity contribution in [2.24, 2.45) is 0 Å². The zero-order chi connectivity index (χ0) is 20.0. The first-order valence-electron chi connectivity index (χ1n) is 9.58. The number of aromatic nitrogens is 2. The number of rotatable bonds is 3. The lowest BCUT2D eigenvalue weighted by Crippen LogP contribution is -2.30. The van der Waals surface area contributed by atoms with Crippen molar-refractivity contribution in [3.05, 3.63) is 53.8 Å². The molecule has 5 rings (SSSR count). The maximum atomic E-state index is 13.6. The first-order valence-corrected chi connectivity index (χ1v) is 9.58. The number of carboxylic acids is 1. The Labute approximate surface area is 165 Å².